The zero-order valence-electron chi connectivity index (χ0n) is 12.9. The van der Waals surface area contributed by atoms with E-state index >= 15 is 0 Å². The highest BCUT2D eigenvalue weighted by Crippen LogP contribution is 2.39. The van der Waals surface area contributed by atoms with E-state index in [4.69, 9.17) is 14.7 Å². The first-order chi connectivity index (χ1) is 11.1. The Morgan fingerprint density at radius 3 is 2.74 bits per heavy atom. The minimum atomic E-state index is -0.141. The topological polar surface area (TPSA) is 59.3 Å². The fraction of sp³-hybridized carbons (Fsp3) is 0.158. The Bertz CT molecular complexity index is 859. The number of benzene rings is 2. The minimum absolute atomic E-state index is 0.0422. The van der Waals surface area contributed by atoms with Crippen molar-refractivity contribution in [1.82, 2.24) is 0 Å². The van der Waals surface area contributed by atoms with E-state index in [0.717, 1.165) is 16.7 Å². The molecular formula is C19H15NO3. The smallest absolute Gasteiger partial charge is 0.231 e. The summed E-state index contributed by atoms with van der Waals surface area (Å²) in [6.45, 7) is 3.76. The van der Waals surface area contributed by atoms with E-state index in [9.17, 15) is 4.79 Å². The van der Waals surface area contributed by atoms with Gasteiger partial charge in [0.2, 0.25) is 5.78 Å². The number of nitrogens with zero attached hydrogens (tertiary/aromatic N) is 1. The van der Waals surface area contributed by atoms with Gasteiger partial charge < -0.3 is 9.47 Å². The van der Waals surface area contributed by atoms with E-state index in [1.54, 1.807) is 18.2 Å². The zero-order chi connectivity index (χ0) is 16.4. The van der Waals surface area contributed by atoms with E-state index in [-0.39, 0.29) is 12.4 Å². The van der Waals surface area contributed by atoms with Gasteiger partial charge in [-0.25, -0.2) is 0 Å². The first-order valence-corrected chi connectivity index (χ1v) is 7.25. The van der Waals surface area contributed by atoms with Crippen molar-refractivity contribution in [2.45, 2.75) is 13.8 Å². The SMILES string of the molecule is Cc1ccccc1/C=C1\Oc2c(ccc(OCC#N)c2C)C1=O. The molecule has 2 aromatic rings. The van der Waals surface area contributed by atoms with Crippen molar-refractivity contribution in [1.29, 1.82) is 5.26 Å². The van der Waals surface area contributed by atoms with Crippen LogP contribution in [0.1, 0.15) is 27.0 Å². The second-order valence-corrected chi connectivity index (χ2v) is 5.31. The van der Waals surface area contributed by atoms with Gasteiger partial charge in [-0.3, -0.25) is 4.79 Å². The first kappa shape index (κ1) is 14.9. The molecule has 4 heteroatoms. The number of nitriles is 1. The quantitative estimate of drug-likeness (QED) is 0.809. The maximum atomic E-state index is 12.5. The predicted molar refractivity (Wildman–Crippen MR) is 86.4 cm³/mol. The summed E-state index contributed by atoms with van der Waals surface area (Å²) in [6, 6.07) is 13.1. The van der Waals surface area contributed by atoms with E-state index in [2.05, 4.69) is 0 Å². The summed E-state index contributed by atoms with van der Waals surface area (Å²) in [5, 5.41) is 8.62. The zero-order valence-corrected chi connectivity index (χ0v) is 12.9. The molecule has 0 saturated carbocycles. The third kappa shape index (κ3) is 2.69. The maximum absolute atomic E-state index is 12.5. The Hall–Kier alpha value is -3.06. The summed E-state index contributed by atoms with van der Waals surface area (Å²) in [7, 11) is 0. The molecule has 0 atom stereocenters. The van der Waals surface area contributed by atoms with Crippen LogP contribution in [0.25, 0.3) is 6.08 Å². The van der Waals surface area contributed by atoms with E-state index in [1.165, 1.54) is 0 Å². The summed E-state index contributed by atoms with van der Waals surface area (Å²) in [5.41, 5.74) is 3.26. The number of hydrogen-bond donors (Lipinski definition) is 0. The molecule has 114 valence electrons. The van der Waals surface area contributed by atoms with Gasteiger partial charge >= 0.3 is 0 Å². The van der Waals surface area contributed by atoms with Crippen LogP contribution in [-0.4, -0.2) is 12.4 Å². The molecule has 0 N–H and O–H groups in total. The van der Waals surface area contributed by atoms with Crippen LogP contribution in [0.15, 0.2) is 42.2 Å². The van der Waals surface area contributed by atoms with Crippen molar-refractivity contribution in [2.75, 3.05) is 6.61 Å². The van der Waals surface area contributed by atoms with Crippen LogP contribution in [-0.2, 0) is 0 Å². The summed E-state index contributed by atoms with van der Waals surface area (Å²) in [4.78, 5) is 12.5. The number of rotatable bonds is 3. The molecule has 0 spiro atoms. The molecule has 0 unspecified atom stereocenters. The number of carbonyl (C=O) groups is 1. The third-order valence-electron chi connectivity index (χ3n) is 3.80. The Morgan fingerprint density at radius 2 is 2.00 bits per heavy atom. The molecule has 3 rings (SSSR count). The number of Topliss-reactive ketones (excluding diaryl/α,β-unsaturated/α-hetero) is 1. The summed E-state index contributed by atoms with van der Waals surface area (Å²) >= 11 is 0. The van der Waals surface area contributed by atoms with Gasteiger partial charge in [0, 0.05) is 5.56 Å². The third-order valence-corrected chi connectivity index (χ3v) is 3.80. The molecular weight excluding hydrogens is 290 g/mol. The van der Waals surface area contributed by atoms with Crippen LogP contribution >= 0.6 is 0 Å². The molecule has 0 aromatic heterocycles. The largest absolute Gasteiger partial charge is 0.478 e. The van der Waals surface area contributed by atoms with Gasteiger partial charge in [0.15, 0.2) is 12.4 Å². The number of aryl methyl sites for hydroxylation is 1. The van der Waals surface area contributed by atoms with Crippen LogP contribution in [0.4, 0.5) is 0 Å². The molecule has 2 aromatic carbocycles. The number of hydrogen-bond acceptors (Lipinski definition) is 4. The molecule has 1 aliphatic rings. The van der Waals surface area contributed by atoms with Gasteiger partial charge in [0.25, 0.3) is 0 Å². The van der Waals surface area contributed by atoms with E-state index < -0.39 is 0 Å². The van der Waals surface area contributed by atoms with Crippen molar-refractivity contribution in [2.24, 2.45) is 0 Å². The van der Waals surface area contributed by atoms with Crippen molar-refractivity contribution < 1.29 is 14.3 Å². The molecule has 0 fully saturated rings. The average Bonchev–Trinajstić information content (AvgIpc) is 2.86. The maximum Gasteiger partial charge on any atom is 0.231 e. The van der Waals surface area contributed by atoms with Crippen molar-refractivity contribution >= 4 is 11.9 Å². The van der Waals surface area contributed by atoms with Crippen LogP contribution in [0.3, 0.4) is 0 Å². The second-order valence-electron chi connectivity index (χ2n) is 5.31. The molecule has 4 nitrogen and oxygen atoms in total. The van der Waals surface area contributed by atoms with Crippen LogP contribution in [0.5, 0.6) is 11.5 Å². The lowest BCUT2D eigenvalue weighted by Crippen LogP contribution is -1.98. The average molecular weight is 305 g/mol. The molecule has 0 aliphatic carbocycles. The molecule has 0 saturated heterocycles. The molecule has 1 aliphatic heterocycles. The van der Waals surface area contributed by atoms with Gasteiger partial charge in [-0.15, -0.1) is 0 Å². The molecule has 0 amide bonds. The summed E-state index contributed by atoms with van der Waals surface area (Å²) in [6.07, 6.45) is 1.76. The van der Waals surface area contributed by atoms with Gasteiger partial charge in [0.1, 0.15) is 17.6 Å². The second kappa shape index (κ2) is 5.98. The van der Waals surface area contributed by atoms with E-state index in [1.807, 2.05) is 44.2 Å². The number of allylic oxidation sites excluding steroid dienone is 1. The van der Waals surface area contributed by atoms with Gasteiger partial charge in [-0.05, 0) is 43.2 Å². The minimum Gasteiger partial charge on any atom is -0.478 e. The lowest BCUT2D eigenvalue weighted by Gasteiger charge is -2.08. The molecule has 0 bridgehead atoms. The van der Waals surface area contributed by atoms with Crippen molar-refractivity contribution in [3.8, 4) is 17.6 Å². The Morgan fingerprint density at radius 1 is 1.22 bits per heavy atom. The lowest BCUT2D eigenvalue weighted by molar-refractivity contribution is 0.101. The Labute approximate surface area is 134 Å². The van der Waals surface area contributed by atoms with E-state index in [0.29, 0.717) is 22.8 Å². The molecule has 23 heavy (non-hydrogen) atoms. The van der Waals surface area contributed by atoms with Gasteiger partial charge in [0.05, 0.1) is 5.56 Å². The number of fused-ring (bicyclic) bond motifs is 1. The van der Waals surface area contributed by atoms with Crippen molar-refractivity contribution in [3.63, 3.8) is 0 Å². The standard InChI is InChI=1S/C19H15NO3/c1-12-5-3-4-6-14(12)11-17-18(21)15-7-8-16(22-10-9-20)13(2)19(15)23-17/h3-8,11H,10H2,1-2H3/b17-11-. The fourth-order valence-electron chi connectivity index (χ4n) is 2.52. The summed E-state index contributed by atoms with van der Waals surface area (Å²) < 4.78 is 11.1. The molecule has 1 heterocycles. The predicted octanol–water partition coefficient (Wildman–Crippen LogP) is 3.82. The van der Waals surface area contributed by atoms with Crippen LogP contribution < -0.4 is 9.47 Å². The first-order valence-electron chi connectivity index (χ1n) is 7.25. The van der Waals surface area contributed by atoms with Crippen LogP contribution in [0.2, 0.25) is 0 Å². The Balaban J connectivity index is 1.98. The monoisotopic (exact) mass is 305 g/mol. The number of carbonyl (C=O) groups excluding carboxylic acids is 1. The van der Waals surface area contributed by atoms with Gasteiger partial charge in [-0.2, -0.15) is 5.26 Å². The fourth-order valence-corrected chi connectivity index (χ4v) is 2.52. The normalized spacial score (nSPS) is 14.3. The van der Waals surface area contributed by atoms with Crippen molar-refractivity contribution in [3.05, 3.63) is 64.4 Å². The molecule has 0 radical (unpaired) electrons. The summed E-state index contributed by atoms with van der Waals surface area (Å²) in [5.74, 6) is 1.22. The van der Waals surface area contributed by atoms with Gasteiger partial charge in [-0.1, -0.05) is 24.3 Å². The van der Waals surface area contributed by atoms with Crippen LogP contribution in [0, 0.1) is 25.2 Å². The number of ketones is 1. The highest BCUT2D eigenvalue weighted by Gasteiger charge is 2.30. The Kier molecular flexibility index (Phi) is 3.86. The highest BCUT2D eigenvalue weighted by molar-refractivity contribution is 6.15. The number of ether oxygens (including phenoxy) is 2. The lowest BCUT2D eigenvalue weighted by atomic mass is 10.0. The highest BCUT2D eigenvalue weighted by atomic mass is 16.5.